The van der Waals surface area contributed by atoms with Crippen molar-refractivity contribution >= 4 is 33.0 Å². The van der Waals surface area contributed by atoms with Crippen molar-refractivity contribution in [2.75, 3.05) is 6.54 Å². The van der Waals surface area contributed by atoms with E-state index in [-0.39, 0.29) is 14.7 Å². The summed E-state index contributed by atoms with van der Waals surface area (Å²) in [4.78, 5) is 3.80. The highest BCUT2D eigenvalue weighted by atomic mass is 35.5. The first-order valence-corrected chi connectivity index (χ1v) is 8.43. The van der Waals surface area contributed by atoms with Gasteiger partial charge < -0.3 is 0 Å². The van der Waals surface area contributed by atoms with Crippen molar-refractivity contribution in [1.29, 1.82) is 0 Å². The molecular formula is C11H15ClN2O2S2. The predicted molar refractivity (Wildman–Crippen MR) is 73.5 cm³/mol. The van der Waals surface area contributed by atoms with E-state index in [0.717, 1.165) is 37.0 Å². The Bertz CT molecular complexity index is 521. The minimum absolute atomic E-state index is 0.0777. The second-order valence-corrected chi connectivity index (χ2v) is 7.96. The lowest BCUT2D eigenvalue weighted by Gasteiger charge is -2.25. The first-order chi connectivity index (χ1) is 8.55. The molecule has 4 nitrogen and oxygen atoms in total. The molecule has 0 amide bonds. The van der Waals surface area contributed by atoms with Gasteiger partial charge in [-0.05, 0) is 12.8 Å². The second kappa shape index (κ2) is 5.69. The molecule has 0 saturated heterocycles. The molecule has 0 aromatic carbocycles. The van der Waals surface area contributed by atoms with Crippen LogP contribution in [0.2, 0.25) is 4.47 Å². The van der Waals surface area contributed by atoms with Crippen LogP contribution in [-0.4, -0.2) is 30.3 Å². The molecule has 0 spiro atoms. The van der Waals surface area contributed by atoms with Crippen molar-refractivity contribution in [3.8, 4) is 0 Å². The molecule has 1 aromatic rings. The Labute approximate surface area is 116 Å². The average Bonchev–Trinajstić information content (AvgIpc) is 2.96. The summed E-state index contributed by atoms with van der Waals surface area (Å²) >= 11 is 6.71. The first kappa shape index (κ1) is 14.0. The van der Waals surface area contributed by atoms with Gasteiger partial charge in [-0.25, -0.2) is 13.4 Å². The lowest BCUT2D eigenvalue weighted by atomic mass is 10.2. The van der Waals surface area contributed by atoms with E-state index in [4.69, 9.17) is 11.6 Å². The van der Waals surface area contributed by atoms with E-state index in [9.17, 15) is 8.42 Å². The number of aromatic nitrogens is 1. The van der Waals surface area contributed by atoms with Crippen LogP contribution in [0.5, 0.6) is 0 Å². The predicted octanol–water partition coefficient (Wildman–Crippen LogP) is 2.92. The molecule has 18 heavy (non-hydrogen) atoms. The molecule has 1 heterocycles. The number of hydrogen-bond donors (Lipinski definition) is 0. The van der Waals surface area contributed by atoms with Gasteiger partial charge in [-0.2, -0.15) is 4.31 Å². The van der Waals surface area contributed by atoms with E-state index in [1.807, 2.05) is 0 Å². The number of thiazole rings is 1. The van der Waals surface area contributed by atoms with E-state index < -0.39 is 10.0 Å². The molecule has 0 atom stereocenters. The molecule has 0 bridgehead atoms. The topological polar surface area (TPSA) is 50.3 Å². The van der Waals surface area contributed by atoms with Crippen molar-refractivity contribution in [1.82, 2.24) is 9.29 Å². The van der Waals surface area contributed by atoms with Gasteiger partial charge in [0.25, 0.3) is 10.0 Å². The Morgan fingerprint density at radius 1 is 1.56 bits per heavy atom. The summed E-state index contributed by atoms with van der Waals surface area (Å²) in [5, 5.41) is 0. The summed E-state index contributed by atoms with van der Waals surface area (Å²) in [6, 6.07) is 0.0777. The SMILES string of the molecule is C=CCN(C1CCCC1)S(=O)(=O)c1cnc(Cl)s1. The summed E-state index contributed by atoms with van der Waals surface area (Å²) in [5.74, 6) is 0. The Morgan fingerprint density at radius 3 is 2.72 bits per heavy atom. The van der Waals surface area contributed by atoms with Crippen molar-refractivity contribution in [3.63, 3.8) is 0 Å². The van der Waals surface area contributed by atoms with Crippen molar-refractivity contribution < 1.29 is 8.42 Å². The van der Waals surface area contributed by atoms with Crippen molar-refractivity contribution in [2.24, 2.45) is 0 Å². The fraction of sp³-hybridized carbons (Fsp3) is 0.545. The van der Waals surface area contributed by atoms with Crippen LogP contribution in [0.15, 0.2) is 23.1 Å². The van der Waals surface area contributed by atoms with Crippen LogP contribution in [0, 0.1) is 0 Å². The third kappa shape index (κ3) is 2.77. The molecule has 0 radical (unpaired) electrons. The highest BCUT2D eigenvalue weighted by Crippen LogP contribution is 2.31. The third-order valence-electron chi connectivity index (χ3n) is 3.06. The lowest BCUT2D eigenvalue weighted by molar-refractivity contribution is 0.348. The fourth-order valence-corrected chi connectivity index (χ4v) is 5.32. The van der Waals surface area contributed by atoms with E-state index in [1.165, 1.54) is 10.5 Å². The van der Waals surface area contributed by atoms with E-state index in [0.29, 0.717) is 6.54 Å². The summed E-state index contributed by atoms with van der Waals surface area (Å²) < 4.78 is 27.0. The zero-order valence-corrected chi connectivity index (χ0v) is 12.3. The van der Waals surface area contributed by atoms with Crippen LogP contribution in [0.3, 0.4) is 0 Å². The minimum atomic E-state index is -3.49. The average molecular weight is 307 g/mol. The van der Waals surface area contributed by atoms with Crippen LogP contribution in [0.4, 0.5) is 0 Å². The minimum Gasteiger partial charge on any atom is -0.232 e. The van der Waals surface area contributed by atoms with Gasteiger partial charge in [0.1, 0.15) is 0 Å². The fourth-order valence-electron chi connectivity index (χ4n) is 2.24. The van der Waals surface area contributed by atoms with E-state index in [2.05, 4.69) is 11.6 Å². The third-order valence-corrected chi connectivity index (χ3v) is 6.53. The van der Waals surface area contributed by atoms with Gasteiger partial charge in [0.15, 0.2) is 8.68 Å². The smallest absolute Gasteiger partial charge is 0.232 e. The van der Waals surface area contributed by atoms with Crippen LogP contribution in [0.1, 0.15) is 25.7 Å². The quantitative estimate of drug-likeness (QED) is 0.786. The van der Waals surface area contributed by atoms with Crippen LogP contribution < -0.4 is 0 Å². The van der Waals surface area contributed by atoms with Gasteiger partial charge in [-0.3, -0.25) is 0 Å². The van der Waals surface area contributed by atoms with Crippen LogP contribution >= 0.6 is 22.9 Å². The standard InChI is InChI=1S/C11H15ClN2O2S2/c1-2-7-14(9-5-3-4-6-9)18(15,16)10-8-13-11(12)17-10/h2,8-9H,1,3-7H2. The number of hydrogen-bond acceptors (Lipinski definition) is 4. The van der Waals surface area contributed by atoms with E-state index >= 15 is 0 Å². The Morgan fingerprint density at radius 2 is 2.22 bits per heavy atom. The van der Waals surface area contributed by atoms with Gasteiger partial charge in [-0.15, -0.1) is 6.58 Å². The highest BCUT2D eigenvalue weighted by molar-refractivity contribution is 7.91. The maximum atomic E-state index is 12.5. The molecule has 1 aromatic heterocycles. The number of sulfonamides is 1. The maximum absolute atomic E-state index is 12.5. The van der Waals surface area contributed by atoms with Crippen molar-refractivity contribution in [3.05, 3.63) is 23.3 Å². The van der Waals surface area contributed by atoms with Gasteiger partial charge in [0.2, 0.25) is 0 Å². The van der Waals surface area contributed by atoms with Gasteiger partial charge in [0, 0.05) is 12.6 Å². The summed E-state index contributed by atoms with van der Waals surface area (Å²) in [7, 11) is -3.49. The Hall–Kier alpha value is -0.430. The first-order valence-electron chi connectivity index (χ1n) is 5.80. The molecular weight excluding hydrogens is 292 g/mol. The molecule has 1 aliphatic rings. The number of halogens is 1. The Balaban J connectivity index is 2.31. The maximum Gasteiger partial charge on any atom is 0.254 e. The number of rotatable bonds is 5. The lowest BCUT2D eigenvalue weighted by Crippen LogP contribution is -2.38. The van der Waals surface area contributed by atoms with Crippen LogP contribution in [0.25, 0.3) is 0 Å². The number of nitrogens with zero attached hydrogens (tertiary/aromatic N) is 2. The largest absolute Gasteiger partial charge is 0.254 e. The molecule has 1 aliphatic carbocycles. The van der Waals surface area contributed by atoms with Crippen molar-refractivity contribution in [2.45, 2.75) is 35.9 Å². The normalized spacial score (nSPS) is 17.4. The molecule has 0 aliphatic heterocycles. The molecule has 7 heteroatoms. The van der Waals surface area contributed by atoms with E-state index in [1.54, 1.807) is 6.08 Å². The molecule has 2 rings (SSSR count). The summed E-state index contributed by atoms with van der Waals surface area (Å²) in [5.41, 5.74) is 0. The molecule has 1 fully saturated rings. The van der Waals surface area contributed by atoms with Crippen LogP contribution in [-0.2, 0) is 10.0 Å². The van der Waals surface area contributed by atoms with Gasteiger partial charge in [-0.1, -0.05) is 41.9 Å². The summed E-state index contributed by atoms with van der Waals surface area (Å²) in [6.45, 7) is 3.98. The highest BCUT2D eigenvalue weighted by Gasteiger charge is 2.33. The molecule has 100 valence electrons. The molecule has 0 unspecified atom stereocenters. The molecule has 1 saturated carbocycles. The Kier molecular flexibility index (Phi) is 4.42. The van der Waals surface area contributed by atoms with Gasteiger partial charge in [0.05, 0.1) is 6.20 Å². The zero-order valence-electron chi connectivity index (χ0n) is 9.88. The second-order valence-electron chi connectivity index (χ2n) is 4.23. The summed E-state index contributed by atoms with van der Waals surface area (Å²) in [6.07, 6.45) is 6.94. The molecule has 0 N–H and O–H groups in total. The zero-order chi connectivity index (χ0) is 13.2. The monoisotopic (exact) mass is 306 g/mol. The van der Waals surface area contributed by atoms with Gasteiger partial charge >= 0.3 is 0 Å².